The predicted octanol–water partition coefficient (Wildman–Crippen LogP) is 6.51. The van der Waals surface area contributed by atoms with Crippen LogP contribution in [0, 0.1) is 5.41 Å². The number of aliphatic hydroxyl groups is 1. The highest BCUT2D eigenvalue weighted by atomic mass is 35.5. The van der Waals surface area contributed by atoms with Crippen LogP contribution in [0.25, 0.3) is 0 Å². The molecule has 0 aromatic carbocycles. The molecular formula is C17H39Cl2NO. The van der Waals surface area contributed by atoms with Gasteiger partial charge in [0.15, 0.2) is 0 Å². The topological polar surface area (TPSA) is 55.2 Å². The Bertz CT molecular complexity index is 201. The number of aliphatic hydroxyl groups excluding tert-OH is 1. The lowest BCUT2D eigenvalue weighted by molar-refractivity contribution is 0.125. The molecule has 0 saturated carbocycles. The van der Waals surface area contributed by atoms with E-state index in [0.717, 1.165) is 6.42 Å². The van der Waals surface area contributed by atoms with Crippen molar-refractivity contribution >= 4 is 24.0 Å². The molecule has 1 unspecified atom stereocenters. The number of unbranched alkanes of at least 4 members (excludes halogenated alkanes) is 8. The first-order chi connectivity index (χ1) is 9.02. The number of halogens is 2. The maximum Gasteiger partial charge on any atom is 0.0680 e. The Morgan fingerprint density at radius 2 is 1.33 bits per heavy atom. The molecule has 0 spiro atoms. The van der Waals surface area contributed by atoms with Crippen LogP contribution in [0.3, 0.4) is 0 Å². The molecular weight excluding hydrogens is 305 g/mol. The molecule has 2 nitrogen and oxygen atoms in total. The average molecular weight is 344 g/mol. The highest BCUT2D eigenvalue weighted by Crippen LogP contribution is 2.29. The minimum absolute atomic E-state index is 0. The summed E-state index contributed by atoms with van der Waals surface area (Å²) in [7, 11) is 0. The first-order valence-corrected chi connectivity index (χ1v) is 8.79. The van der Waals surface area contributed by atoms with E-state index in [2.05, 4.69) is 20.8 Å². The lowest BCUT2D eigenvalue weighted by Gasteiger charge is -2.26. The van der Waals surface area contributed by atoms with Crippen molar-refractivity contribution in [1.29, 1.82) is 0 Å². The highest BCUT2D eigenvalue weighted by molar-refractivity contribution is 6.18. The van der Waals surface area contributed by atoms with Crippen molar-refractivity contribution in [3.8, 4) is 0 Å². The smallest absolute Gasteiger partial charge is 0.0680 e. The number of hydrogen-bond donors (Lipinski definition) is 2. The minimum Gasteiger partial charge on any atom is -0.392 e. The van der Waals surface area contributed by atoms with Crippen LogP contribution in [0.4, 0.5) is 0 Å². The normalized spacial score (nSPS) is 12.4. The first-order valence-electron chi connectivity index (χ1n) is 8.26. The fourth-order valence-corrected chi connectivity index (χ4v) is 2.82. The molecule has 0 rings (SSSR count). The second kappa shape index (κ2) is 16.9. The maximum absolute atomic E-state index is 9.61. The molecule has 0 aromatic rings. The summed E-state index contributed by atoms with van der Waals surface area (Å²) in [4.78, 5) is 0. The van der Waals surface area contributed by atoms with Crippen molar-refractivity contribution in [2.45, 2.75) is 97.5 Å². The zero-order chi connectivity index (χ0) is 14.6. The highest BCUT2D eigenvalue weighted by Gasteiger charge is 2.21. The van der Waals surface area contributed by atoms with Crippen LogP contribution >= 0.6 is 24.0 Å². The van der Waals surface area contributed by atoms with Crippen LogP contribution in [0.1, 0.15) is 91.4 Å². The molecule has 1 atom stereocenters. The maximum atomic E-state index is 9.61. The molecule has 0 radical (unpaired) electrons. The molecule has 0 aliphatic heterocycles. The number of rotatable bonds is 13. The fourth-order valence-electron chi connectivity index (χ4n) is 2.71. The van der Waals surface area contributed by atoms with Crippen molar-refractivity contribution in [2.75, 3.05) is 5.88 Å². The van der Waals surface area contributed by atoms with Gasteiger partial charge in [0.05, 0.1) is 6.10 Å². The molecule has 4 N–H and O–H groups in total. The van der Waals surface area contributed by atoms with Gasteiger partial charge in [-0.05, 0) is 18.3 Å². The van der Waals surface area contributed by atoms with Gasteiger partial charge in [0.1, 0.15) is 0 Å². The third-order valence-electron chi connectivity index (χ3n) is 3.92. The molecule has 0 heterocycles. The molecule has 4 heteroatoms. The van der Waals surface area contributed by atoms with E-state index in [-0.39, 0.29) is 30.1 Å². The third-order valence-corrected chi connectivity index (χ3v) is 4.28. The van der Waals surface area contributed by atoms with Crippen molar-refractivity contribution in [3.63, 3.8) is 0 Å². The quantitative estimate of drug-likeness (QED) is 0.296. The first kappa shape index (κ1) is 26.4. The molecule has 132 valence electrons. The Balaban J connectivity index is -0.00000162. The van der Waals surface area contributed by atoms with Gasteiger partial charge in [0, 0.05) is 5.88 Å². The van der Waals surface area contributed by atoms with Crippen LogP contribution < -0.4 is 6.15 Å². The zero-order valence-electron chi connectivity index (χ0n) is 14.5. The standard InChI is InChI=1S/C17H35ClO.ClH.H3N/c1-4-5-6-7-8-9-10-11-12-13-17(2,3)14-16(19)15-18;;/h16,19H,4-15H2,1-3H3;1H;1H3. The van der Waals surface area contributed by atoms with Gasteiger partial charge >= 0.3 is 0 Å². The van der Waals surface area contributed by atoms with Crippen LogP contribution in [-0.4, -0.2) is 17.1 Å². The van der Waals surface area contributed by atoms with Crippen molar-refractivity contribution in [2.24, 2.45) is 5.41 Å². The minimum atomic E-state index is -0.338. The molecule has 0 fully saturated rings. The van der Waals surface area contributed by atoms with Crippen LogP contribution in [-0.2, 0) is 0 Å². The fraction of sp³-hybridized carbons (Fsp3) is 1.00. The summed E-state index contributed by atoms with van der Waals surface area (Å²) in [5.41, 5.74) is 0.232. The Morgan fingerprint density at radius 3 is 1.76 bits per heavy atom. The molecule has 0 bridgehead atoms. The van der Waals surface area contributed by atoms with Gasteiger partial charge in [-0.3, -0.25) is 0 Å². The molecule has 0 amide bonds. The molecule has 0 aliphatic rings. The second-order valence-electron chi connectivity index (χ2n) is 6.75. The van der Waals surface area contributed by atoms with E-state index in [4.69, 9.17) is 11.6 Å². The summed E-state index contributed by atoms with van der Waals surface area (Å²) in [5, 5.41) is 9.61. The summed E-state index contributed by atoms with van der Waals surface area (Å²) in [5.74, 6) is 0.362. The van der Waals surface area contributed by atoms with Gasteiger partial charge in [0.2, 0.25) is 0 Å². The Hall–Kier alpha value is 0.500. The van der Waals surface area contributed by atoms with Gasteiger partial charge in [-0.25, -0.2) is 0 Å². The van der Waals surface area contributed by atoms with E-state index in [1.165, 1.54) is 64.2 Å². The SMILES string of the molecule is CCCCCCCCCCCC(C)(C)CC(O)CCl.Cl.N. The van der Waals surface area contributed by atoms with Crippen LogP contribution in [0.2, 0.25) is 0 Å². The largest absolute Gasteiger partial charge is 0.392 e. The molecule has 0 aliphatic carbocycles. The molecule has 21 heavy (non-hydrogen) atoms. The van der Waals surface area contributed by atoms with E-state index in [1.807, 2.05) is 0 Å². The average Bonchev–Trinajstić information content (AvgIpc) is 2.36. The van der Waals surface area contributed by atoms with Crippen LogP contribution in [0.5, 0.6) is 0 Å². The Morgan fingerprint density at radius 1 is 0.905 bits per heavy atom. The second-order valence-corrected chi connectivity index (χ2v) is 7.06. The summed E-state index contributed by atoms with van der Waals surface area (Å²) in [6.45, 7) is 6.75. The molecule has 0 saturated heterocycles. The lowest BCUT2D eigenvalue weighted by Crippen LogP contribution is -2.21. The summed E-state index contributed by atoms with van der Waals surface area (Å²) >= 11 is 5.66. The Kier molecular flexibility index (Phi) is 21.2. The summed E-state index contributed by atoms with van der Waals surface area (Å²) < 4.78 is 0. The summed E-state index contributed by atoms with van der Waals surface area (Å²) in [6, 6.07) is 0. The predicted molar refractivity (Wildman–Crippen MR) is 99.2 cm³/mol. The van der Waals surface area contributed by atoms with Crippen molar-refractivity contribution in [3.05, 3.63) is 0 Å². The molecule has 0 aromatic heterocycles. The van der Waals surface area contributed by atoms with Gasteiger partial charge < -0.3 is 11.3 Å². The van der Waals surface area contributed by atoms with Crippen molar-refractivity contribution in [1.82, 2.24) is 6.15 Å². The van der Waals surface area contributed by atoms with Crippen molar-refractivity contribution < 1.29 is 5.11 Å². The van der Waals surface area contributed by atoms with Crippen LogP contribution in [0.15, 0.2) is 0 Å². The summed E-state index contributed by atoms with van der Waals surface area (Å²) in [6.07, 6.45) is 14.1. The van der Waals surface area contributed by atoms with Gasteiger partial charge in [-0.2, -0.15) is 0 Å². The number of hydrogen-bond acceptors (Lipinski definition) is 2. The van der Waals surface area contributed by atoms with Gasteiger partial charge in [0.25, 0.3) is 0 Å². The zero-order valence-corrected chi connectivity index (χ0v) is 16.1. The Labute approximate surface area is 144 Å². The van der Waals surface area contributed by atoms with E-state index in [1.54, 1.807) is 0 Å². The lowest BCUT2D eigenvalue weighted by atomic mass is 9.82. The van der Waals surface area contributed by atoms with Gasteiger partial charge in [-0.1, -0.05) is 78.6 Å². The third kappa shape index (κ3) is 18.5. The van der Waals surface area contributed by atoms with Gasteiger partial charge in [-0.15, -0.1) is 24.0 Å². The van der Waals surface area contributed by atoms with E-state index >= 15 is 0 Å². The monoisotopic (exact) mass is 343 g/mol. The van der Waals surface area contributed by atoms with E-state index < -0.39 is 0 Å². The van der Waals surface area contributed by atoms with E-state index in [0.29, 0.717) is 5.88 Å². The van der Waals surface area contributed by atoms with E-state index in [9.17, 15) is 5.11 Å². The number of alkyl halides is 1.